The fourth-order valence-corrected chi connectivity index (χ4v) is 4.67. The van der Waals surface area contributed by atoms with Crippen molar-refractivity contribution in [2.24, 2.45) is 0 Å². The Morgan fingerprint density at radius 1 is 1.00 bits per heavy atom. The molecule has 0 radical (unpaired) electrons. The minimum atomic E-state index is -3.80. The number of imide groups is 1. The molecule has 2 aromatic carbocycles. The van der Waals surface area contributed by atoms with Crippen LogP contribution in [-0.4, -0.2) is 52.6 Å². The molecule has 0 saturated carbocycles. The molecule has 0 unspecified atom stereocenters. The molecular formula is C21H23N3O6S. The molecule has 4 rings (SSSR count). The van der Waals surface area contributed by atoms with E-state index in [9.17, 15) is 18.0 Å². The molecule has 0 aromatic heterocycles. The van der Waals surface area contributed by atoms with Crippen molar-refractivity contribution in [2.75, 3.05) is 32.3 Å². The molecule has 1 saturated heterocycles. The number of anilines is 1. The van der Waals surface area contributed by atoms with E-state index >= 15 is 0 Å². The highest BCUT2D eigenvalue weighted by molar-refractivity contribution is 7.89. The van der Waals surface area contributed by atoms with Crippen LogP contribution in [0, 0.1) is 0 Å². The molecule has 2 aromatic rings. The maximum absolute atomic E-state index is 12.8. The number of amides is 2. The maximum Gasteiger partial charge on any atom is 0.240 e. The van der Waals surface area contributed by atoms with E-state index in [0.29, 0.717) is 17.2 Å². The molecule has 1 N–H and O–H groups in total. The molecule has 2 aliphatic heterocycles. The molecule has 0 bridgehead atoms. The topological polar surface area (TPSA) is 105 Å². The first-order valence-electron chi connectivity index (χ1n) is 9.78. The lowest BCUT2D eigenvalue weighted by Gasteiger charge is -2.25. The first kappa shape index (κ1) is 21.3. The van der Waals surface area contributed by atoms with Crippen molar-refractivity contribution in [2.45, 2.75) is 23.8 Å². The van der Waals surface area contributed by atoms with Crippen molar-refractivity contribution in [3.05, 3.63) is 48.0 Å². The fraction of sp³-hybridized carbons (Fsp3) is 0.333. The Bertz CT molecular complexity index is 1100. The number of benzene rings is 2. The summed E-state index contributed by atoms with van der Waals surface area (Å²) >= 11 is 0. The van der Waals surface area contributed by atoms with Crippen LogP contribution in [0.2, 0.25) is 0 Å². The summed E-state index contributed by atoms with van der Waals surface area (Å²) < 4.78 is 39.0. The summed E-state index contributed by atoms with van der Waals surface area (Å²) in [5.74, 6) is 0.735. The van der Waals surface area contributed by atoms with Gasteiger partial charge in [0.15, 0.2) is 11.5 Å². The summed E-state index contributed by atoms with van der Waals surface area (Å²) in [4.78, 5) is 26.8. The van der Waals surface area contributed by atoms with Gasteiger partial charge in [-0.2, -0.15) is 0 Å². The van der Waals surface area contributed by atoms with Crippen LogP contribution in [-0.2, 0) is 19.6 Å². The predicted octanol–water partition coefficient (Wildman–Crippen LogP) is 1.65. The van der Waals surface area contributed by atoms with Crippen LogP contribution in [0.3, 0.4) is 0 Å². The number of sulfonamides is 1. The van der Waals surface area contributed by atoms with Crippen LogP contribution in [0.4, 0.5) is 5.69 Å². The lowest BCUT2D eigenvalue weighted by Crippen LogP contribution is -2.34. The number of nitrogens with one attached hydrogen (secondary N) is 1. The molecule has 10 heteroatoms. The Morgan fingerprint density at radius 3 is 2.29 bits per heavy atom. The van der Waals surface area contributed by atoms with Crippen LogP contribution in [0.25, 0.3) is 0 Å². The first-order chi connectivity index (χ1) is 14.8. The maximum atomic E-state index is 12.8. The highest BCUT2D eigenvalue weighted by Gasteiger charge is 2.30. The second-order valence-corrected chi connectivity index (χ2v) is 9.33. The summed E-state index contributed by atoms with van der Waals surface area (Å²) in [5, 5.41) is 0. The van der Waals surface area contributed by atoms with Gasteiger partial charge in [0.2, 0.25) is 28.6 Å². The van der Waals surface area contributed by atoms with Gasteiger partial charge < -0.3 is 14.4 Å². The van der Waals surface area contributed by atoms with Gasteiger partial charge in [-0.3, -0.25) is 14.5 Å². The number of rotatable bonds is 7. The van der Waals surface area contributed by atoms with E-state index in [1.54, 1.807) is 0 Å². The second kappa shape index (κ2) is 8.29. The molecular weight excluding hydrogens is 422 g/mol. The van der Waals surface area contributed by atoms with Gasteiger partial charge in [0.05, 0.1) is 10.6 Å². The predicted molar refractivity (Wildman–Crippen MR) is 112 cm³/mol. The molecule has 31 heavy (non-hydrogen) atoms. The van der Waals surface area contributed by atoms with Gasteiger partial charge >= 0.3 is 0 Å². The zero-order chi connectivity index (χ0) is 22.2. The van der Waals surface area contributed by atoms with Crippen LogP contribution < -0.4 is 19.1 Å². The van der Waals surface area contributed by atoms with E-state index in [2.05, 4.69) is 4.72 Å². The van der Waals surface area contributed by atoms with Gasteiger partial charge in [-0.1, -0.05) is 6.07 Å². The molecule has 0 aliphatic carbocycles. The number of fused-ring (bicyclic) bond motifs is 1. The van der Waals surface area contributed by atoms with Crippen molar-refractivity contribution >= 4 is 27.5 Å². The Balaban J connectivity index is 1.48. The SMILES string of the molecule is CN(C)[C@H](CNS(=O)(=O)c1ccc(N2C(=O)CCC2=O)cc1)c1ccc2c(c1)OCO2. The van der Waals surface area contributed by atoms with Crippen LogP contribution in [0.15, 0.2) is 47.4 Å². The number of likely N-dealkylation sites (N-methyl/N-ethyl adjacent to an activating group) is 1. The summed E-state index contributed by atoms with van der Waals surface area (Å²) in [6, 6.07) is 11.0. The smallest absolute Gasteiger partial charge is 0.240 e. The van der Waals surface area contributed by atoms with E-state index in [4.69, 9.17) is 9.47 Å². The lowest BCUT2D eigenvalue weighted by molar-refractivity contribution is -0.121. The standard InChI is InChI=1S/C21H23N3O6S/c1-23(2)17(14-3-8-18-19(11-14)30-13-29-18)12-22-31(27,28)16-6-4-15(5-7-16)24-20(25)9-10-21(24)26/h3-8,11,17,22H,9-10,12-13H2,1-2H3/t17-/m1/s1. The highest BCUT2D eigenvalue weighted by Crippen LogP contribution is 2.35. The summed E-state index contributed by atoms with van der Waals surface area (Å²) in [5.41, 5.74) is 1.26. The van der Waals surface area contributed by atoms with E-state index in [1.807, 2.05) is 37.2 Å². The molecule has 2 aliphatic rings. The normalized spacial score (nSPS) is 16.9. The monoisotopic (exact) mass is 445 g/mol. The Kier molecular flexibility index (Phi) is 5.69. The molecule has 1 atom stereocenters. The third-order valence-electron chi connectivity index (χ3n) is 5.33. The number of nitrogens with zero attached hydrogens (tertiary/aromatic N) is 2. The average Bonchev–Trinajstić information content (AvgIpc) is 3.33. The van der Waals surface area contributed by atoms with Gasteiger partial charge in [-0.05, 0) is 56.1 Å². The van der Waals surface area contributed by atoms with Crippen molar-refractivity contribution in [3.8, 4) is 11.5 Å². The van der Waals surface area contributed by atoms with Crippen molar-refractivity contribution in [1.82, 2.24) is 9.62 Å². The number of carbonyl (C=O) groups excluding carboxylic acids is 2. The highest BCUT2D eigenvalue weighted by atomic mass is 32.2. The quantitative estimate of drug-likeness (QED) is 0.646. The summed E-state index contributed by atoms with van der Waals surface area (Å²) in [6.45, 7) is 0.308. The molecule has 2 heterocycles. The van der Waals surface area contributed by atoms with Crippen LogP contribution in [0.5, 0.6) is 11.5 Å². The van der Waals surface area contributed by atoms with Crippen molar-refractivity contribution in [1.29, 1.82) is 0 Å². The molecule has 2 amide bonds. The zero-order valence-corrected chi connectivity index (χ0v) is 18.0. The van der Waals surface area contributed by atoms with Gasteiger partial charge in [0, 0.05) is 25.4 Å². The van der Waals surface area contributed by atoms with E-state index in [1.165, 1.54) is 24.3 Å². The van der Waals surface area contributed by atoms with Gasteiger partial charge in [-0.25, -0.2) is 13.1 Å². The van der Waals surface area contributed by atoms with E-state index < -0.39 is 10.0 Å². The minimum absolute atomic E-state index is 0.0542. The summed E-state index contributed by atoms with van der Waals surface area (Å²) in [7, 11) is -0.0697. The van der Waals surface area contributed by atoms with E-state index in [-0.39, 0.29) is 48.9 Å². The molecule has 9 nitrogen and oxygen atoms in total. The van der Waals surface area contributed by atoms with Crippen molar-refractivity contribution < 1.29 is 27.5 Å². The number of ether oxygens (including phenoxy) is 2. The molecule has 0 spiro atoms. The lowest BCUT2D eigenvalue weighted by atomic mass is 10.1. The minimum Gasteiger partial charge on any atom is -0.454 e. The van der Waals surface area contributed by atoms with Crippen molar-refractivity contribution in [3.63, 3.8) is 0 Å². The summed E-state index contributed by atoms with van der Waals surface area (Å²) in [6.07, 6.45) is 0.346. The Morgan fingerprint density at radius 2 is 1.65 bits per heavy atom. The molecule has 1 fully saturated rings. The molecule has 164 valence electrons. The van der Waals surface area contributed by atoms with Gasteiger partial charge in [0.25, 0.3) is 0 Å². The fourth-order valence-electron chi connectivity index (χ4n) is 3.63. The number of carbonyl (C=O) groups is 2. The second-order valence-electron chi connectivity index (χ2n) is 7.56. The van der Waals surface area contributed by atoms with Crippen LogP contribution in [0.1, 0.15) is 24.4 Å². The zero-order valence-electron chi connectivity index (χ0n) is 17.2. The van der Waals surface area contributed by atoms with E-state index in [0.717, 1.165) is 10.5 Å². The largest absolute Gasteiger partial charge is 0.454 e. The van der Waals surface area contributed by atoms with Gasteiger partial charge in [-0.15, -0.1) is 0 Å². The Hall–Kier alpha value is -2.95. The Labute approximate surface area is 180 Å². The van der Waals surface area contributed by atoms with Crippen LogP contribution >= 0.6 is 0 Å². The first-order valence-corrected chi connectivity index (χ1v) is 11.3. The number of hydrogen-bond donors (Lipinski definition) is 1. The third kappa shape index (κ3) is 4.27. The average molecular weight is 445 g/mol. The third-order valence-corrected chi connectivity index (χ3v) is 6.77. The van der Waals surface area contributed by atoms with Gasteiger partial charge in [0.1, 0.15) is 0 Å². The number of hydrogen-bond acceptors (Lipinski definition) is 7.